The van der Waals surface area contributed by atoms with Crippen molar-refractivity contribution in [3.8, 4) is 39.4 Å². The Bertz CT molecular complexity index is 1910. The van der Waals surface area contributed by atoms with Crippen LogP contribution < -0.4 is 4.74 Å². The molecule has 0 saturated heterocycles. The van der Waals surface area contributed by atoms with Gasteiger partial charge in [-0.2, -0.15) is 10.2 Å². The first kappa shape index (κ1) is 28.8. The summed E-state index contributed by atoms with van der Waals surface area (Å²) in [6, 6.07) is 19.8. The average molecular weight is 591 g/mol. The first-order chi connectivity index (χ1) is 20.8. The molecule has 0 aliphatic heterocycles. The molecule has 3 aromatic heterocycles. The highest BCUT2D eigenvalue weighted by atomic mass is 28.3. The molecule has 0 atom stereocenters. The Morgan fingerprint density at radius 2 is 1.65 bits per heavy atom. The molecule has 8 nitrogen and oxygen atoms in total. The zero-order valence-corrected chi connectivity index (χ0v) is 26.8. The van der Waals surface area contributed by atoms with Gasteiger partial charge in [-0.3, -0.25) is 4.68 Å². The van der Waals surface area contributed by atoms with Gasteiger partial charge in [0.05, 0.1) is 23.8 Å². The van der Waals surface area contributed by atoms with Crippen molar-refractivity contribution in [3.63, 3.8) is 0 Å². The molecule has 0 aliphatic carbocycles. The van der Waals surface area contributed by atoms with Gasteiger partial charge in [0.25, 0.3) is 0 Å². The number of methoxy groups -OCH3 is 1. The van der Waals surface area contributed by atoms with Gasteiger partial charge in [-0.25, -0.2) is 14.6 Å². The van der Waals surface area contributed by atoms with E-state index in [1.807, 2.05) is 46.9 Å². The van der Waals surface area contributed by atoms with Gasteiger partial charge >= 0.3 is 0 Å². The van der Waals surface area contributed by atoms with Crippen molar-refractivity contribution in [3.05, 3.63) is 78.9 Å². The molecule has 0 radical (unpaired) electrons. The van der Waals surface area contributed by atoms with E-state index in [2.05, 4.69) is 68.1 Å². The number of nitrogens with zero attached hydrogens (tertiary/aromatic N) is 6. The van der Waals surface area contributed by atoms with E-state index in [-0.39, 0.29) is 0 Å². The fourth-order valence-electron chi connectivity index (χ4n) is 5.48. The number of aryl methyl sites for hydroxylation is 2. The Labute approximate surface area is 253 Å². The maximum atomic E-state index is 6.05. The van der Waals surface area contributed by atoms with Gasteiger partial charge < -0.3 is 9.47 Å². The fraction of sp³-hybridized carbons (Fsp3) is 0.294. The topological polar surface area (TPSA) is 79.9 Å². The van der Waals surface area contributed by atoms with Crippen LogP contribution in [0.5, 0.6) is 5.75 Å². The van der Waals surface area contributed by atoms with Crippen molar-refractivity contribution in [1.82, 2.24) is 29.5 Å². The maximum Gasteiger partial charge on any atom is 0.139 e. The third-order valence-electron chi connectivity index (χ3n) is 7.79. The highest BCUT2D eigenvalue weighted by molar-refractivity contribution is 6.76. The lowest BCUT2D eigenvalue weighted by Crippen LogP contribution is -2.22. The van der Waals surface area contributed by atoms with Crippen LogP contribution in [-0.2, 0) is 24.9 Å². The van der Waals surface area contributed by atoms with Gasteiger partial charge in [0.2, 0.25) is 0 Å². The minimum absolute atomic E-state index is 0.428. The van der Waals surface area contributed by atoms with Crippen molar-refractivity contribution >= 4 is 29.9 Å². The second-order valence-corrected chi connectivity index (χ2v) is 17.7. The molecule has 0 unspecified atom stereocenters. The number of benzene rings is 3. The lowest BCUT2D eigenvalue weighted by molar-refractivity contribution is 0.0791. The monoisotopic (exact) mass is 590 g/mol. The molecule has 0 aliphatic rings. The summed E-state index contributed by atoms with van der Waals surface area (Å²) in [6.07, 6.45) is 6.62. The molecule has 3 aromatic carbocycles. The Morgan fingerprint density at radius 3 is 2.40 bits per heavy atom. The lowest BCUT2D eigenvalue weighted by Gasteiger charge is -2.15. The molecule has 220 valence electrons. The minimum Gasteiger partial charge on any atom is -0.496 e. The SMILES string of the molecule is CCc1ccc(-c2cc3c(-c4cn(C)nc4-c4ccccc4)ncnc3cc2OC)c2cn(COCC[Si](C)(C)C)nc12. The Balaban J connectivity index is 1.48. The van der Waals surface area contributed by atoms with Crippen LogP contribution in [0, 0.1) is 0 Å². The van der Waals surface area contributed by atoms with Gasteiger partial charge in [0, 0.05) is 67.7 Å². The van der Waals surface area contributed by atoms with E-state index < -0.39 is 8.07 Å². The number of hydrogen-bond donors (Lipinski definition) is 0. The number of aromatic nitrogens is 6. The quantitative estimate of drug-likeness (QED) is 0.121. The van der Waals surface area contributed by atoms with Crippen LogP contribution in [0.15, 0.2) is 73.3 Å². The molecule has 0 fully saturated rings. The van der Waals surface area contributed by atoms with Crippen molar-refractivity contribution in [2.75, 3.05) is 13.7 Å². The van der Waals surface area contributed by atoms with Crippen LogP contribution in [-0.4, -0.2) is 51.3 Å². The van der Waals surface area contributed by atoms with Crippen LogP contribution in [0.25, 0.3) is 55.4 Å². The molecular formula is C34H38N6O2Si. The van der Waals surface area contributed by atoms with Crippen LogP contribution in [0.4, 0.5) is 0 Å². The lowest BCUT2D eigenvalue weighted by atomic mass is 9.95. The number of rotatable bonds is 10. The molecule has 3 heterocycles. The fourth-order valence-corrected chi connectivity index (χ4v) is 6.24. The Morgan fingerprint density at radius 1 is 0.837 bits per heavy atom. The normalized spacial score (nSPS) is 12.0. The van der Waals surface area contributed by atoms with Gasteiger partial charge in [-0.1, -0.05) is 69.0 Å². The van der Waals surface area contributed by atoms with Gasteiger partial charge in [0.15, 0.2) is 0 Å². The predicted molar refractivity (Wildman–Crippen MR) is 176 cm³/mol. The second-order valence-electron chi connectivity index (χ2n) is 12.1. The van der Waals surface area contributed by atoms with Crippen molar-refractivity contribution < 1.29 is 9.47 Å². The summed E-state index contributed by atoms with van der Waals surface area (Å²) < 4.78 is 15.8. The largest absolute Gasteiger partial charge is 0.496 e. The molecule has 6 rings (SSSR count). The van der Waals surface area contributed by atoms with Crippen LogP contribution in [0.2, 0.25) is 25.7 Å². The number of hydrogen-bond acceptors (Lipinski definition) is 6. The van der Waals surface area contributed by atoms with E-state index in [0.29, 0.717) is 6.73 Å². The molecule has 43 heavy (non-hydrogen) atoms. The summed E-state index contributed by atoms with van der Waals surface area (Å²) in [6.45, 7) is 10.4. The molecule has 0 spiro atoms. The van der Waals surface area contributed by atoms with E-state index in [0.717, 1.165) is 80.3 Å². The zero-order chi connectivity index (χ0) is 30.1. The van der Waals surface area contributed by atoms with Crippen molar-refractivity contribution in [1.29, 1.82) is 0 Å². The van der Waals surface area contributed by atoms with Crippen molar-refractivity contribution in [2.24, 2.45) is 7.05 Å². The highest BCUT2D eigenvalue weighted by Gasteiger charge is 2.21. The van der Waals surface area contributed by atoms with E-state index in [4.69, 9.17) is 24.7 Å². The third kappa shape index (κ3) is 5.83. The summed E-state index contributed by atoms with van der Waals surface area (Å²) in [5.41, 5.74) is 8.69. The molecule has 6 aromatic rings. The molecular weight excluding hydrogens is 553 g/mol. The number of ether oxygens (including phenoxy) is 2. The average Bonchev–Trinajstić information content (AvgIpc) is 3.61. The summed E-state index contributed by atoms with van der Waals surface area (Å²) in [5.74, 6) is 0.747. The zero-order valence-electron chi connectivity index (χ0n) is 25.8. The van der Waals surface area contributed by atoms with E-state index in [9.17, 15) is 0 Å². The van der Waals surface area contributed by atoms with Crippen LogP contribution >= 0.6 is 0 Å². The Hall–Kier alpha value is -4.34. The molecule has 0 N–H and O–H groups in total. The predicted octanol–water partition coefficient (Wildman–Crippen LogP) is 7.60. The minimum atomic E-state index is -1.16. The van der Waals surface area contributed by atoms with Crippen molar-refractivity contribution in [2.45, 2.75) is 45.8 Å². The Kier molecular flexibility index (Phi) is 7.85. The van der Waals surface area contributed by atoms with Crippen LogP contribution in [0.3, 0.4) is 0 Å². The third-order valence-corrected chi connectivity index (χ3v) is 9.49. The first-order valence-corrected chi connectivity index (χ1v) is 18.5. The van der Waals surface area contributed by atoms with E-state index in [1.165, 1.54) is 5.56 Å². The smallest absolute Gasteiger partial charge is 0.139 e. The summed E-state index contributed by atoms with van der Waals surface area (Å²) in [4.78, 5) is 9.41. The second kappa shape index (κ2) is 11.7. The molecule has 0 saturated carbocycles. The molecule has 9 heteroatoms. The van der Waals surface area contributed by atoms with Gasteiger partial charge in [-0.05, 0) is 29.7 Å². The summed E-state index contributed by atoms with van der Waals surface area (Å²) >= 11 is 0. The summed E-state index contributed by atoms with van der Waals surface area (Å²) in [5, 5.41) is 11.8. The standard InChI is InChI=1S/C34H38N6O2Si/c1-7-23-13-14-25(28-20-40(38-32(23)28)22-42-15-16-43(4,5)6)26-17-27-30(18-31(26)41-3)35-21-36-34(27)29-19-39(2)37-33(29)24-11-9-8-10-12-24/h8-14,17-21H,7,15-16,22H2,1-6H3. The van der Waals surface area contributed by atoms with Gasteiger partial charge in [0.1, 0.15) is 24.5 Å². The van der Waals surface area contributed by atoms with Gasteiger partial charge in [-0.15, -0.1) is 0 Å². The summed E-state index contributed by atoms with van der Waals surface area (Å²) in [7, 11) is 2.48. The molecule has 0 amide bonds. The van der Waals surface area contributed by atoms with E-state index in [1.54, 1.807) is 13.4 Å². The van der Waals surface area contributed by atoms with Crippen LogP contribution in [0.1, 0.15) is 12.5 Å². The van der Waals surface area contributed by atoms with E-state index >= 15 is 0 Å². The maximum absolute atomic E-state index is 6.05. The molecule has 0 bridgehead atoms. The number of fused-ring (bicyclic) bond motifs is 2. The first-order valence-electron chi connectivity index (χ1n) is 14.7. The highest BCUT2D eigenvalue weighted by Crippen LogP contribution is 2.41.